The molecule has 0 saturated carbocycles. The van der Waals surface area contributed by atoms with Crippen LogP contribution in [-0.4, -0.2) is 37.2 Å². The number of hydrogen-bond donors (Lipinski definition) is 0. The van der Waals surface area contributed by atoms with Crippen LogP contribution < -0.4 is 0 Å². The van der Waals surface area contributed by atoms with E-state index in [0.717, 1.165) is 0 Å². The van der Waals surface area contributed by atoms with Crippen molar-refractivity contribution in [3.63, 3.8) is 0 Å². The Morgan fingerprint density at radius 2 is 1.00 bits per heavy atom. The predicted molar refractivity (Wildman–Crippen MR) is 11.5 cm³/mol. The van der Waals surface area contributed by atoms with E-state index < -0.39 is 0 Å². The van der Waals surface area contributed by atoms with E-state index in [0.29, 0.717) is 0 Å². The quantitative estimate of drug-likeness (QED) is 0.495. The zero-order valence-corrected chi connectivity index (χ0v) is 10.3. The van der Waals surface area contributed by atoms with E-state index >= 15 is 0 Å². The summed E-state index contributed by atoms with van der Waals surface area (Å²) in [6.07, 6.45) is 0. The molecule has 4 heteroatoms. The minimum Gasteiger partial charge on any atom is 0 e. The molecule has 0 spiro atoms. The molecule has 4 heavy (non-hydrogen) atoms. The normalized spacial score (nSPS) is 0. The second-order valence-electron chi connectivity index (χ2n) is 0. The van der Waals surface area contributed by atoms with Crippen LogP contribution in [0.4, 0.5) is 0 Å². The maximum absolute atomic E-state index is 0. The summed E-state index contributed by atoms with van der Waals surface area (Å²) in [6, 6.07) is 0. The second-order valence-corrected chi connectivity index (χ2v) is 0. The average Bonchev–Trinajstić information content (AvgIpc) is 0. The van der Waals surface area contributed by atoms with Crippen LogP contribution in [0.1, 0.15) is 0 Å². The molecule has 0 aliphatic heterocycles. The van der Waals surface area contributed by atoms with Gasteiger partial charge in [-0.2, -0.15) is 0 Å². The van der Waals surface area contributed by atoms with Crippen LogP contribution in [0, 0.1) is 0 Å². The van der Waals surface area contributed by atoms with Gasteiger partial charge in [0, 0.05) is 73.7 Å². The molecule has 0 aliphatic rings. The van der Waals surface area contributed by atoms with Crippen LogP contribution in [0.15, 0.2) is 0 Å². The van der Waals surface area contributed by atoms with Crippen LogP contribution in [-0.2, 0) is 36.5 Å². The SMILES string of the molecule is [Bi].[Cu].[Si].[Zn]. The molecule has 8 radical (unpaired) electrons. The largest absolute Gasteiger partial charge is 0 e. The Hall–Kier alpha value is 2.24. The number of rotatable bonds is 0. The van der Waals surface area contributed by atoms with E-state index in [-0.39, 0.29) is 73.7 Å². The molecule has 0 amide bonds. The summed E-state index contributed by atoms with van der Waals surface area (Å²) < 4.78 is 0. The molecule has 0 aromatic rings. The molecule has 0 aromatic carbocycles. The van der Waals surface area contributed by atoms with Crippen LogP contribution in [0.25, 0.3) is 0 Å². The van der Waals surface area contributed by atoms with Gasteiger partial charge < -0.3 is 0 Å². The van der Waals surface area contributed by atoms with E-state index in [9.17, 15) is 0 Å². The minimum absolute atomic E-state index is 0. The van der Waals surface area contributed by atoms with Gasteiger partial charge in [-0.05, 0) is 0 Å². The zero-order chi connectivity index (χ0) is 0. The van der Waals surface area contributed by atoms with E-state index in [1.165, 1.54) is 0 Å². The van der Waals surface area contributed by atoms with Crippen molar-refractivity contribution in [2.45, 2.75) is 0 Å². The van der Waals surface area contributed by atoms with Crippen molar-refractivity contribution in [2.24, 2.45) is 0 Å². The fraction of sp³-hybridized carbons (Fsp3) is 0. The summed E-state index contributed by atoms with van der Waals surface area (Å²) in [5.41, 5.74) is 0. The monoisotopic (exact) mass is 364 g/mol. The molecule has 22 valence electrons. The van der Waals surface area contributed by atoms with E-state index in [1.807, 2.05) is 0 Å². The first-order valence-corrected chi connectivity index (χ1v) is 0. The van der Waals surface area contributed by atoms with Crippen molar-refractivity contribution < 1.29 is 36.5 Å². The van der Waals surface area contributed by atoms with Crippen LogP contribution in [0.2, 0.25) is 0 Å². The Morgan fingerprint density at radius 1 is 1.00 bits per heavy atom. The first-order valence-electron chi connectivity index (χ1n) is 0. The third-order valence-electron chi connectivity index (χ3n) is 0. The van der Waals surface area contributed by atoms with Crippen molar-refractivity contribution in [2.75, 3.05) is 0 Å². The van der Waals surface area contributed by atoms with Gasteiger partial charge in [0.2, 0.25) is 0 Å². The van der Waals surface area contributed by atoms with Gasteiger partial charge >= 0.3 is 0 Å². The Labute approximate surface area is 72.9 Å². The van der Waals surface area contributed by atoms with Crippen LogP contribution in [0.5, 0.6) is 0 Å². The fourth-order valence-corrected chi connectivity index (χ4v) is 0. The molecular formula is BiCuSiZn. The molecule has 0 atom stereocenters. The molecule has 0 N–H and O–H groups in total. The van der Waals surface area contributed by atoms with Crippen molar-refractivity contribution in [3.8, 4) is 0 Å². The number of hydrogen-bond acceptors (Lipinski definition) is 0. The smallest absolute Gasteiger partial charge is 0 e. The molecule has 0 fully saturated rings. The Balaban J connectivity index is 0. The van der Waals surface area contributed by atoms with E-state index in [4.69, 9.17) is 0 Å². The topological polar surface area (TPSA) is 0 Å². The predicted octanol–water partition coefficient (Wildman–Crippen LogP) is -0.767. The standard InChI is InChI=1S/Bi.Cu.Si.Zn. The molecular weight excluding hydrogens is 366 g/mol. The van der Waals surface area contributed by atoms with Crippen molar-refractivity contribution in [3.05, 3.63) is 0 Å². The van der Waals surface area contributed by atoms with Crippen LogP contribution in [0.3, 0.4) is 0 Å². The van der Waals surface area contributed by atoms with Gasteiger partial charge in [0.25, 0.3) is 0 Å². The van der Waals surface area contributed by atoms with E-state index in [2.05, 4.69) is 0 Å². The summed E-state index contributed by atoms with van der Waals surface area (Å²) in [5.74, 6) is 0. The van der Waals surface area contributed by atoms with Crippen molar-refractivity contribution in [1.82, 2.24) is 0 Å². The van der Waals surface area contributed by atoms with Gasteiger partial charge in [-0.1, -0.05) is 0 Å². The molecule has 0 heterocycles. The molecule has 0 nitrogen and oxygen atoms in total. The Morgan fingerprint density at radius 3 is 1.00 bits per heavy atom. The summed E-state index contributed by atoms with van der Waals surface area (Å²) in [4.78, 5) is 0. The summed E-state index contributed by atoms with van der Waals surface area (Å²) in [5, 5.41) is 0. The van der Waals surface area contributed by atoms with Gasteiger partial charge in [-0.15, -0.1) is 0 Å². The molecule has 0 rings (SSSR count). The maximum Gasteiger partial charge on any atom is 0 e. The van der Waals surface area contributed by atoms with Gasteiger partial charge in [0.15, 0.2) is 0 Å². The first-order chi connectivity index (χ1) is 0. The second kappa shape index (κ2) is 18.8. The zero-order valence-electron chi connectivity index (χ0n) is 1.96. The maximum atomic E-state index is 0. The molecule has 0 aliphatic carbocycles. The van der Waals surface area contributed by atoms with Crippen LogP contribution >= 0.6 is 0 Å². The van der Waals surface area contributed by atoms with Gasteiger partial charge in [0.1, 0.15) is 0 Å². The summed E-state index contributed by atoms with van der Waals surface area (Å²) in [7, 11) is 0. The Bertz CT molecular complexity index is 8.00. The first kappa shape index (κ1) is 34.1. The van der Waals surface area contributed by atoms with Gasteiger partial charge in [-0.25, -0.2) is 0 Å². The Kier molecular flexibility index (Phi) is 160. The molecule has 0 saturated heterocycles. The average molecular weight is 366 g/mol. The summed E-state index contributed by atoms with van der Waals surface area (Å²) >= 11 is 0. The van der Waals surface area contributed by atoms with Crippen molar-refractivity contribution >= 4 is 37.2 Å². The third-order valence-corrected chi connectivity index (χ3v) is 0. The van der Waals surface area contributed by atoms with E-state index in [1.54, 1.807) is 0 Å². The summed E-state index contributed by atoms with van der Waals surface area (Å²) in [6.45, 7) is 0. The fourth-order valence-electron chi connectivity index (χ4n) is 0. The third kappa shape index (κ3) is 8.87. The molecule has 0 aromatic heterocycles. The molecule has 0 bridgehead atoms. The van der Waals surface area contributed by atoms with Crippen molar-refractivity contribution in [1.29, 1.82) is 0 Å². The minimum atomic E-state index is 0. The van der Waals surface area contributed by atoms with Gasteiger partial charge in [0.05, 0.1) is 0 Å². The molecule has 0 unspecified atom stereocenters. The van der Waals surface area contributed by atoms with Gasteiger partial charge in [-0.3, -0.25) is 0 Å².